The summed E-state index contributed by atoms with van der Waals surface area (Å²) in [4.78, 5) is 12.3. The van der Waals surface area contributed by atoms with E-state index in [9.17, 15) is 13.2 Å². The molecular weight excluding hydrogens is 312 g/mol. The molecule has 0 aliphatic carbocycles. The van der Waals surface area contributed by atoms with Crippen LogP contribution in [0.1, 0.15) is 38.8 Å². The molecule has 0 bridgehead atoms. The summed E-state index contributed by atoms with van der Waals surface area (Å²) in [6, 6.07) is 5.32. The lowest BCUT2D eigenvalue weighted by Crippen LogP contribution is -2.42. The summed E-state index contributed by atoms with van der Waals surface area (Å²) in [5.41, 5.74) is 1.52. The van der Waals surface area contributed by atoms with Crippen molar-refractivity contribution < 1.29 is 13.2 Å². The van der Waals surface area contributed by atoms with Crippen molar-refractivity contribution in [3.63, 3.8) is 0 Å². The molecule has 0 unspecified atom stereocenters. The highest BCUT2D eigenvalue weighted by molar-refractivity contribution is 7.89. The van der Waals surface area contributed by atoms with Gasteiger partial charge in [0.2, 0.25) is 15.9 Å². The Kier molecular flexibility index (Phi) is 6.36. The molecule has 1 amide bonds. The van der Waals surface area contributed by atoms with E-state index in [1.165, 1.54) is 4.31 Å². The van der Waals surface area contributed by atoms with Crippen LogP contribution in [0, 0.1) is 19.3 Å². The maximum atomic E-state index is 12.8. The lowest BCUT2D eigenvalue weighted by molar-refractivity contribution is -0.121. The summed E-state index contributed by atoms with van der Waals surface area (Å²) < 4.78 is 26.9. The number of carbonyl (C=O) groups excluding carboxylic acids is 1. The first-order valence-electron chi connectivity index (χ1n) is 7.81. The summed E-state index contributed by atoms with van der Waals surface area (Å²) in [5, 5.41) is 2.79. The Morgan fingerprint density at radius 3 is 2.35 bits per heavy atom. The van der Waals surface area contributed by atoms with Gasteiger partial charge in [0.05, 0.1) is 11.4 Å². The van der Waals surface area contributed by atoms with Crippen LogP contribution in [-0.2, 0) is 14.8 Å². The Balaban J connectivity index is 2.95. The molecule has 23 heavy (non-hydrogen) atoms. The van der Waals surface area contributed by atoms with Gasteiger partial charge in [-0.2, -0.15) is 4.31 Å². The van der Waals surface area contributed by atoms with Crippen LogP contribution in [-0.4, -0.2) is 38.3 Å². The van der Waals surface area contributed by atoms with Crippen molar-refractivity contribution in [2.45, 2.75) is 46.4 Å². The number of nitrogens with one attached hydrogen (secondary N) is 1. The quantitative estimate of drug-likeness (QED) is 0.865. The molecule has 6 heteroatoms. The van der Waals surface area contributed by atoms with E-state index in [-0.39, 0.29) is 29.3 Å². The third kappa shape index (κ3) is 5.62. The van der Waals surface area contributed by atoms with Gasteiger partial charge in [0.15, 0.2) is 0 Å². The number of hydrogen-bond acceptors (Lipinski definition) is 3. The predicted molar refractivity (Wildman–Crippen MR) is 92.8 cm³/mol. The Hall–Kier alpha value is -1.40. The standard InChI is InChI=1S/C17H28N2O3S/c1-7-19(11-16(20)18-12-17(4,5)6)23(21,22)15-10-13(2)8-9-14(15)3/h8-10H,7,11-12H2,1-6H3,(H,18,20). The lowest BCUT2D eigenvalue weighted by atomic mass is 9.97. The van der Waals surface area contributed by atoms with Crippen molar-refractivity contribution in [2.24, 2.45) is 5.41 Å². The van der Waals surface area contributed by atoms with Crippen LogP contribution in [0.4, 0.5) is 0 Å². The van der Waals surface area contributed by atoms with Crippen LogP contribution in [0.25, 0.3) is 0 Å². The number of sulfonamides is 1. The molecule has 0 saturated carbocycles. The van der Waals surface area contributed by atoms with E-state index < -0.39 is 10.0 Å². The molecule has 1 aromatic rings. The number of aryl methyl sites for hydroxylation is 2. The van der Waals surface area contributed by atoms with E-state index in [0.717, 1.165) is 5.56 Å². The van der Waals surface area contributed by atoms with Crippen molar-refractivity contribution in [1.82, 2.24) is 9.62 Å². The summed E-state index contributed by atoms with van der Waals surface area (Å²) in [6.07, 6.45) is 0. The van der Waals surface area contributed by atoms with E-state index in [2.05, 4.69) is 5.32 Å². The summed E-state index contributed by atoms with van der Waals surface area (Å²) in [5.74, 6) is -0.282. The Morgan fingerprint density at radius 2 is 1.83 bits per heavy atom. The Bertz CT molecular complexity index is 661. The number of likely N-dealkylation sites (N-methyl/N-ethyl adjacent to an activating group) is 1. The molecule has 0 fully saturated rings. The minimum atomic E-state index is -3.68. The zero-order chi connectivity index (χ0) is 17.8. The van der Waals surface area contributed by atoms with Crippen LogP contribution in [0.5, 0.6) is 0 Å². The van der Waals surface area contributed by atoms with Gasteiger partial charge in [-0.05, 0) is 36.5 Å². The van der Waals surface area contributed by atoms with E-state index in [4.69, 9.17) is 0 Å². The predicted octanol–water partition coefficient (Wildman–Crippen LogP) is 2.48. The highest BCUT2D eigenvalue weighted by Gasteiger charge is 2.27. The summed E-state index contributed by atoms with van der Waals surface area (Å²) in [7, 11) is -3.68. The van der Waals surface area contributed by atoms with Gasteiger partial charge < -0.3 is 5.32 Å². The smallest absolute Gasteiger partial charge is 0.243 e. The monoisotopic (exact) mass is 340 g/mol. The Morgan fingerprint density at radius 1 is 1.22 bits per heavy atom. The van der Waals surface area contributed by atoms with Crippen molar-refractivity contribution in [1.29, 1.82) is 0 Å². The van der Waals surface area contributed by atoms with Crippen molar-refractivity contribution in [2.75, 3.05) is 19.6 Å². The molecule has 0 aliphatic heterocycles. The number of hydrogen-bond donors (Lipinski definition) is 1. The lowest BCUT2D eigenvalue weighted by Gasteiger charge is -2.23. The first-order chi connectivity index (χ1) is 10.5. The molecule has 0 radical (unpaired) electrons. The first kappa shape index (κ1) is 19.6. The number of carbonyl (C=O) groups is 1. The van der Waals surface area contributed by atoms with Gasteiger partial charge in [0, 0.05) is 13.1 Å². The molecule has 0 saturated heterocycles. The van der Waals surface area contributed by atoms with Crippen molar-refractivity contribution in [3.8, 4) is 0 Å². The molecular formula is C17H28N2O3S. The molecule has 0 spiro atoms. The van der Waals surface area contributed by atoms with Gasteiger partial charge in [-0.3, -0.25) is 4.79 Å². The number of rotatable bonds is 6. The number of amides is 1. The second kappa shape index (κ2) is 7.45. The number of nitrogens with zero attached hydrogens (tertiary/aromatic N) is 1. The maximum Gasteiger partial charge on any atom is 0.243 e. The molecule has 1 N–H and O–H groups in total. The highest BCUT2D eigenvalue weighted by Crippen LogP contribution is 2.21. The van der Waals surface area contributed by atoms with E-state index in [0.29, 0.717) is 12.1 Å². The molecule has 0 aromatic heterocycles. The van der Waals surface area contributed by atoms with E-state index >= 15 is 0 Å². The third-order valence-corrected chi connectivity index (χ3v) is 5.51. The fraction of sp³-hybridized carbons (Fsp3) is 0.588. The molecule has 1 rings (SSSR count). The number of benzene rings is 1. The molecule has 0 heterocycles. The summed E-state index contributed by atoms with van der Waals surface area (Å²) >= 11 is 0. The average Bonchev–Trinajstić information content (AvgIpc) is 2.44. The fourth-order valence-electron chi connectivity index (χ4n) is 2.07. The van der Waals surface area contributed by atoms with Gasteiger partial charge >= 0.3 is 0 Å². The van der Waals surface area contributed by atoms with Crippen molar-refractivity contribution >= 4 is 15.9 Å². The van der Waals surface area contributed by atoms with Gasteiger partial charge in [0.1, 0.15) is 0 Å². The Labute approximate surface area is 140 Å². The van der Waals surface area contributed by atoms with E-state index in [1.54, 1.807) is 26.0 Å². The molecule has 0 atom stereocenters. The summed E-state index contributed by atoms with van der Waals surface area (Å²) in [6.45, 7) is 12.0. The molecule has 130 valence electrons. The van der Waals surface area contributed by atoms with Crippen LogP contribution in [0.15, 0.2) is 23.1 Å². The zero-order valence-electron chi connectivity index (χ0n) is 14.9. The maximum absolute atomic E-state index is 12.8. The average molecular weight is 340 g/mol. The molecule has 0 aliphatic rings. The largest absolute Gasteiger partial charge is 0.354 e. The van der Waals surface area contributed by atoms with E-state index in [1.807, 2.05) is 33.8 Å². The minimum absolute atomic E-state index is 0.0429. The molecule has 1 aromatic carbocycles. The fourth-order valence-corrected chi connectivity index (χ4v) is 3.79. The van der Waals surface area contributed by atoms with Crippen LogP contribution in [0.2, 0.25) is 0 Å². The van der Waals surface area contributed by atoms with Gasteiger partial charge in [-0.1, -0.05) is 39.8 Å². The van der Waals surface area contributed by atoms with Gasteiger partial charge in [0.25, 0.3) is 0 Å². The van der Waals surface area contributed by atoms with Gasteiger partial charge in [-0.25, -0.2) is 8.42 Å². The van der Waals surface area contributed by atoms with Crippen LogP contribution < -0.4 is 5.32 Å². The second-order valence-electron chi connectivity index (χ2n) is 7.04. The van der Waals surface area contributed by atoms with Crippen molar-refractivity contribution in [3.05, 3.63) is 29.3 Å². The first-order valence-corrected chi connectivity index (χ1v) is 9.25. The highest BCUT2D eigenvalue weighted by atomic mass is 32.2. The zero-order valence-corrected chi connectivity index (χ0v) is 15.8. The topological polar surface area (TPSA) is 66.5 Å². The second-order valence-corrected chi connectivity index (χ2v) is 8.94. The van der Waals surface area contributed by atoms with Crippen LogP contribution >= 0.6 is 0 Å². The van der Waals surface area contributed by atoms with Gasteiger partial charge in [-0.15, -0.1) is 0 Å². The normalized spacial score (nSPS) is 12.5. The molecule has 5 nitrogen and oxygen atoms in total. The minimum Gasteiger partial charge on any atom is -0.354 e. The van der Waals surface area contributed by atoms with Crippen LogP contribution in [0.3, 0.4) is 0 Å². The third-order valence-electron chi connectivity index (χ3n) is 3.45. The SMILES string of the molecule is CCN(CC(=O)NCC(C)(C)C)S(=O)(=O)c1cc(C)ccc1C.